The second kappa shape index (κ2) is 11.0. The summed E-state index contributed by atoms with van der Waals surface area (Å²) < 4.78 is 0. The summed E-state index contributed by atoms with van der Waals surface area (Å²) in [4.78, 5) is 11.6. The van der Waals surface area contributed by atoms with E-state index in [1.807, 2.05) is 30.3 Å². The lowest BCUT2D eigenvalue weighted by molar-refractivity contribution is 0.303. The minimum Gasteiger partial charge on any atom is -0.369 e. The van der Waals surface area contributed by atoms with Gasteiger partial charge in [-0.1, -0.05) is 49.2 Å². The molecule has 1 aliphatic rings. The zero-order chi connectivity index (χ0) is 23.2. The summed E-state index contributed by atoms with van der Waals surface area (Å²) in [6.45, 7) is 8.18. The normalized spacial score (nSPS) is 13.4. The largest absolute Gasteiger partial charge is 0.369 e. The van der Waals surface area contributed by atoms with Crippen LogP contribution in [-0.2, 0) is 0 Å². The van der Waals surface area contributed by atoms with E-state index >= 15 is 0 Å². The molecule has 0 bridgehead atoms. The summed E-state index contributed by atoms with van der Waals surface area (Å²) in [5.41, 5.74) is 1.78. The topological polar surface area (TPSA) is 93.8 Å². The summed E-state index contributed by atoms with van der Waals surface area (Å²) in [5, 5.41) is 18.3. The van der Waals surface area contributed by atoms with Gasteiger partial charge in [0.2, 0.25) is 5.95 Å². The maximum absolute atomic E-state index is 6.69. The van der Waals surface area contributed by atoms with Crippen LogP contribution in [0.4, 0.5) is 29.1 Å². The lowest BCUT2D eigenvalue weighted by Gasteiger charge is -2.18. The van der Waals surface area contributed by atoms with E-state index in [-0.39, 0.29) is 0 Å². The van der Waals surface area contributed by atoms with Gasteiger partial charge in [-0.2, -0.15) is 15.1 Å². The molecule has 1 aliphatic carbocycles. The molecule has 4 N–H and O–H groups in total. The third kappa shape index (κ3) is 6.28. The Morgan fingerprint density at radius 1 is 1.06 bits per heavy atom. The lowest BCUT2D eigenvalue weighted by atomic mass is 10.3. The van der Waals surface area contributed by atoms with Crippen LogP contribution in [0.3, 0.4) is 0 Å². The van der Waals surface area contributed by atoms with E-state index in [2.05, 4.69) is 54.9 Å². The first kappa shape index (κ1) is 23.6. The minimum atomic E-state index is 0.392. The minimum absolute atomic E-state index is 0.392. The maximum atomic E-state index is 6.69. The summed E-state index contributed by atoms with van der Waals surface area (Å²) >= 11 is 13.0. The van der Waals surface area contributed by atoms with Crippen molar-refractivity contribution in [3.05, 3.63) is 46.1 Å². The van der Waals surface area contributed by atoms with Crippen LogP contribution in [0.2, 0.25) is 10.0 Å². The smallest absolute Gasteiger partial charge is 0.231 e. The number of nitrogens with zero attached hydrogens (tertiary/aromatic N) is 4. The first-order chi connectivity index (χ1) is 16.1. The van der Waals surface area contributed by atoms with Crippen molar-refractivity contribution in [3.8, 4) is 0 Å². The Labute approximate surface area is 204 Å². The lowest BCUT2D eigenvalue weighted by Crippen LogP contribution is -2.25. The molecule has 176 valence electrons. The molecule has 0 atom stereocenters. The Morgan fingerprint density at radius 3 is 2.55 bits per heavy atom. The van der Waals surface area contributed by atoms with Crippen molar-refractivity contribution in [2.24, 2.45) is 0 Å². The van der Waals surface area contributed by atoms with Crippen LogP contribution in [0, 0.1) is 0 Å². The molecule has 3 aromatic rings. The zero-order valence-corrected chi connectivity index (χ0v) is 20.5. The van der Waals surface area contributed by atoms with Gasteiger partial charge >= 0.3 is 0 Å². The van der Waals surface area contributed by atoms with Crippen molar-refractivity contribution in [3.63, 3.8) is 0 Å². The predicted molar refractivity (Wildman–Crippen MR) is 137 cm³/mol. The van der Waals surface area contributed by atoms with Gasteiger partial charge in [0.05, 0.1) is 16.4 Å². The molecule has 33 heavy (non-hydrogen) atoms. The number of H-pyrrole nitrogens is 1. The van der Waals surface area contributed by atoms with Gasteiger partial charge in [0.15, 0.2) is 11.6 Å². The number of hydrogen-bond donors (Lipinski definition) is 4. The zero-order valence-electron chi connectivity index (χ0n) is 19.0. The number of aromatic nitrogens is 4. The molecule has 0 saturated heterocycles. The Bertz CT molecular complexity index is 1060. The SMILES string of the molecule is CCN(CC)CCCNc1nc(Nc2ccccc2Cl)nc(Nc2cc(C3CC3)n[nH]2)c1Cl. The maximum Gasteiger partial charge on any atom is 0.231 e. The van der Waals surface area contributed by atoms with E-state index in [0.717, 1.165) is 49.8 Å². The average Bonchev–Trinajstić information content (AvgIpc) is 3.57. The van der Waals surface area contributed by atoms with Gasteiger partial charge in [-0.25, -0.2) is 0 Å². The van der Waals surface area contributed by atoms with Crippen LogP contribution in [0.15, 0.2) is 30.3 Å². The molecule has 4 rings (SSSR count). The highest BCUT2D eigenvalue weighted by molar-refractivity contribution is 6.35. The second-order valence-corrected chi connectivity index (χ2v) is 8.86. The van der Waals surface area contributed by atoms with E-state index < -0.39 is 0 Å². The van der Waals surface area contributed by atoms with Gasteiger partial charge in [-0.15, -0.1) is 0 Å². The van der Waals surface area contributed by atoms with Crippen LogP contribution in [0.5, 0.6) is 0 Å². The van der Waals surface area contributed by atoms with Crippen molar-refractivity contribution in [2.75, 3.05) is 42.1 Å². The molecule has 2 heterocycles. The van der Waals surface area contributed by atoms with Crippen LogP contribution < -0.4 is 16.0 Å². The molecule has 0 unspecified atom stereocenters. The van der Waals surface area contributed by atoms with E-state index in [1.165, 1.54) is 12.8 Å². The van der Waals surface area contributed by atoms with Crippen LogP contribution in [0.1, 0.15) is 44.7 Å². The van der Waals surface area contributed by atoms with Crippen molar-refractivity contribution in [2.45, 2.75) is 39.0 Å². The monoisotopic (exact) mass is 488 g/mol. The third-order valence-corrected chi connectivity index (χ3v) is 6.34. The first-order valence-corrected chi connectivity index (χ1v) is 12.2. The van der Waals surface area contributed by atoms with Crippen LogP contribution in [-0.4, -0.2) is 51.2 Å². The number of para-hydroxylation sites is 1. The number of hydrogen-bond acceptors (Lipinski definition) is 7. The number of anilines is 5. The third-order valence-electron chi connectivity index (χ3n) is 5.66. The number of rotatable bonds is 12. The number of aromatic amines is 1. The average molecular weight is 489 g/mol. The fraction of sp³-hybridized carbons (Fsp3) is 0.435. The van der Waals surface area contributed by atoms with Crippen molar-refractivity contribution in [1.29, 1.82) is 0 Å². The van der Waals surface area contributed by atoms with E-state index in [1.54, 1.807) is 0 Å². The fourth-order valence-corrected chi connectivity index (χ4v) is 3.93. The molecular weight excluding hydrogens is 459 g/mol. The van der Waals surface area contributed by atoms with Crippen molar-refractivity contribution >= 4 is 52.3 Å². The summed E-state index contributed by atoms with van der Waals surface area (Å²) in [7, 11) is 0. The highest BCUT2D eigenvalue weighted by Crippen LogP contribution is 2.40. The predicted octanol–water partition coefficient (Wildman–Crippen LogP) is 6.01. The van der Waals surface area contributed by atoms with Gasteiger partial charge in [-0.3, -0.25) is 5.10 Å². The van der Waals surface area contributed by atoms with Gasteiger partial charge < -0.3 is 20.9 Å². The summed E-state index contributed by atoms with van der Waals surface area (Å²) in [6.07, 6.45) is 3.35. The van der Waals surface area contributed by atoms with Gasteiger partial charge in [0, 0.05) is 18.5 Å². The molecule has 2 aromatic heterocycles. The van der Waals surface area contributed by atoms with Crippen molar-refractivity contribution < 1.29 is 0 Å². The molecule has 0 aliphatic heterocycles. The molecule has 1 aromatic carbocycles. The summed E-state index contributed by atoms with van der Waals surface area (Å²) in [6, 6.07) is 9.48. The Hall–Kier alpha value is -2.55. The Balaban J connectivity index is 1.53. The van der Waals surface area contributed by atoms with Gasteiger partial charge in [0.1, 0.15) is 10.8 Å². The second-order valence-electron chi connectivity index (χ2n) is 8.08. The molecule has 0 spiro atoms. The van der Waals surface area contributed by atoms with Crippen LogP contribution >= 0.6 is 23.2 Å². The molecule has 1 saturated carbocycles. The number of halogens is 2. The van der Waals surface area contributed by atoms with E-state index in [9.17, 15) is 0 Å². The van der Waals surface area contributed by atoms with E-state index in [0.29, 0.717) is 33.5 Å². The van der Waals surface area contributed by atoms with Gasteiger partial charge in [-0.05, 0) is 51.0 Å². The Morgan fingerprint density at radius 2 is 1.82 bits per heavy atom. The fourth-order valence-electron chi connectivity index (χ4n) is 3.55. The molecule has 0 amide bonds. The standard InChI is InChI=1S/C23H30Cl2N8/c1-3-33(4-2)13-7-12-26-21-20(25)22(28-19-14-18(31-32-19)15-10-11-15)30-23(29-21)27-17-9-6-5-8-16(17)24/h5-6,8-9,14-15H,3-4,7,10-13H2,1-2H3,(H4,26,27,28,29,30,31,32). The van der Waals surface area contributed by atoms with Crippen molar-refractivity contribution in [1.82, 2.24) is 25.1 Å². The molecule has 8 nitrogen and oxygen atoms in total. The molecule has 10 heteroatoms. The van der Waals surface area contributed by atoms with E-state index in [4.69, 9.17) is 23.2 Å². The molecule has 1 fully saturated rings. The van der Waals surface area contributed by atoms with Crippen LogP contribution in [0.25, 0.3) is 0 Å². The number of benzene rings is 1. The highest BCUT2D eigenvalue weighted by atomic mass is 35.5. The summed E-state index contributed by atoms with van der Waals surface area (Å²) in [5.74, 6) is 2.73. The number of nitrogens with one attached hydrogen (secondary N) is 4. The Kier molecular flexibility index (Phi) is 7.90. The highest BCUT2D eigenvalue weighted by Gasteiger charge is 2.26. The van der Waals surface area contributed by atoms with Gasteiger partial charge in [0.25, 0.3) is 0 Å². The first-order valence-electron chi connectivity index (χ1n) is 11.4. The quantitative estimate of drug-likeness (QED) is 0.231. The molecular formula is C23H30Cl2N8. The molecule has 0 radical (unpaired) electrons.